The van der Waals surface area contributed by atoms with Crippen molar-refractivity contribution in [1.82, 2.24) is 4.90 Å². The van der Waals surface area contributed by atoms with Crippen LogP contribution in [0.1, 0.15) is 54.0 Å². The minimum Gasteiger partial charge on any atom is -0.465 e. The largest absolute Gasteiger partial charge is 0.465 e. The van der Waals surface area contributed by atoms with E-state index in [1.165, 1.54) is 27.8 Å². The maximum Gasteiger partial charge on any atom is 0.227 e. The Hall–Kier alpha value is -2.36. The zero-order chi connectivity index (χ0) is 19.4. The molecular weight excluding hydrogens is 346 g/mol. The van der Waals surface area contributed by atoms with Crippen LogP contribution in [0.2, 0.25) is 0 Å². The molecule has 0 spiro atoms. The first-order chi connectivity index (χ1) is 13.5. The summed E-state index contributed by atoms with van der Waals surface area (Å²) in [6, 6.07) is 16.2. The molecule has 3 heteroatoms. The summed E-state index contributed by atoms with van der Waals surface area (Å²) in [6.07, 6.45) is 4.19. The molecule has 0 amide bonds. The molecule has 0 aliphatic carbocycles. The predicted octanol–water partition coefficient (Wildman–Crippen LogP) is 5.46. The minimum atomic E-state index is -0.340. The van der Waals surface area contributed by atoms with Crippen LogP contribution < -0.4 is 0 Å². The van der Waals surface area contributed by atoms with Gasteiger partial charge in [-0.2, -0.15) is 0 Å². The van der Waals surface area contributed by atoms with Crippen LogP contribution in [-0.4, -0.2) is 23.6 Å². The number of aryl methyl sites for hydroxylation is 2. The molecule has 3 heterocycles. The zero-order valence-corrected chi connectivity index (χ0v) is 17.0. The van der Waals surface area contributed by atoms with Gasteiger partial charge in [-0.25, -0.2) is 0 Å². The van der Waals surface area contributed by atoms with E-state index in [0.717, 1.165) is 17.9 Å². The fourth-order valence-corrected chi connectivity index (χ4v) is 4.72. The Labute approximate surface area is 167 Å². The van der Waals surface area contributed by atoms with Gasteiger partial charge >= 0.3 is 0 Å². The Kier molecular flexibility index (Phi) is 4.18. The third-order valence-corrected chi connectivity index (χ3v) is 6.07. The Morgan fingerprint density at radius 3 is 2.50 bits per heavy atom. The molecule has 0 radical (unpaired) electrons. The summed E-state index contributed by atoms with van der Waals surface area (Å²) in [4.78, 5) is 2.56. The summed E-state index contributed by atoms with van der Waals surface area (Å²) < 4.78 is 12.1. The average molecular weight is 373 g/mol. The highest BCUT2D eigenvalue weighted by Crippen LogP contribution is 2.50. The highest BCUT2D eigenvalue weighted by molar-refractivity contribution is 5.78. The van der Waals surface area contributed by atoms with Crippen molar-refractivity contribution in [2.24, 2.45) is 0 Å². The van der Waals surface area contributed by atoms with Gasteiger partial charge in [0, 0.05) is 18.2 Å². The normalized spacial score (nSPS) is 30.9. The van der Waals surface area contributed by atoms with Crippen LogP contribution in [0, 0.1) is 13.8 Å². The van der Waals surface area contributed by atoms with Gasteiger partial charge in [-0.05, 0) is 56.0 Å². The van der Waals surface area contributed by atoms with Crippen molar-refractivity contribution in [1.29, 1.82) is 0 Å². The molecule has 28 heavy (non-hydrogen) atoms. The summed E-state index contributed by atoms with van der Waals surface area (Å²) in [6.45, 7) is 9.57. The van der Waals surface area contributed by atoms with Crippen molar-refractivity contribution in [2.45, 2.75) is 52.2 Å². The Balaban J connectivity index is 1.51. The Morgan fingerprint density at radius 1 is 0.964 bits per heavy atom. The van der Waals surface area contributed by atoms with Crippen LogP contribution in [-0.2, 0) is 9.47 Å². The second-order valence-corrected chi connectivity index (χ2v) is 8.30. The van der Waals surface area contributed by atoms with Gasteiger partial charge in [-0.1, -0.05) is 54.1 Å². The van der Waals surface area contributed by atoms with Crippen molar-refractivity contribution in [3.63, 3.8) is 0 Å². The van der Waals surface area contributed by atoms with Crippen LogP contribution in [0.4, 0.5) is 0 Å². The molecule has 0 saturated carbocycles. The third-order valence-electron chi connectivity index (χ3n) is 6.07. The van der Waals surface area contributed by atoms with E-state index in [9.17, 15) is 0 Å². The van der Waals surface area contributed by atoms with Gasteiger partial charge in [0.15, 0.2) is 0 Å². The van der Waals surface area contributed by atoms with Crippen LogP contribution in [0.3, 0.4) is 0 Å². The molecule has 2 aromatic carbocycles. The molecule has 3 aliphatic rings. The van der Waals surface area contributed by atoms with Crippen molar-refractivity contribution in [3.05, 3.63) is 88.2 Å². The number of fused-ring (bicyclic) bond motifs is 1. The quantitative estimate of drug-likeness (QED) is 0.667. The average Bonchev–Trinajstić information content (AvgIpc) is 3.36. The molecule has 0 aromatic heterocycles. The van der Waals surface area contributed by atoms with Gasteiger partial charge in [0.1, 0.15) is 0 Å². The lowest BCUT2D eigenvalue weighted by Gasteiger charge is -2.30. The van der Waals surface area contributed by atoms with E-state index in [2.05, 4.69) is 74.2 Å². The number of nitrogens with zero attached hydrogens (tertiary/aromatic N) is 1. The molecule has 144 valence electrons. The molecule has 0 bridgehead atoms. The van der Waals surface area contributed by atoms with Crippen molar-refractivity contribution < 1.29 is 9.47 Å². The first kappa shape index (κ1) is 17.7. The number of hydrogen-bond acceptors (Lipinski definition) is 3. The molecule has 5 atom stereocenters. The van der Waals surface area contributed by atoms with E-state index >= 15 is 0 Å². The van der Waals surface area contributed by atoms with Crippen LogP contribution >= 0.6 is 0 Å². The molecule has 3 aliphatic heterocycles. The molecule has 5 rings (SSSR count). The summed E-state index contributed by atoms with van der Waals surface area (Å²) in [5.41, 5.74) is 7.95. The number of allylic oxidation sites excluding steroid dienone is 1. The molecule has 4 unspecified atom stereocenters. The zero-order valence-electron chi connectivity index (χ0n) is 17.0. The van der Waals surface area contributed by atoms with Gasteiger partial charge in [-0.3, -0.25) is 4.90 Å². The molecule has 3 nitrogen and oxygen atoms in total. The molecule has 1 fully saturated rings. The second kappa shape index (κ2) is 6.61. The van der Waals surface area contributed by atoms with Crippen molar-refractivity contribution in [2.75, 3.05) is 6.54 Å². The molecule has 2 aromatic rings. The number of ether oxygens (including phenoxy) is 2. The van der Waals surface area contributed by atoms with E-state index in [1.54, 1.807) is 0 Å². The lowest BCUT2D eigenvalue weighted by atomic mass is 9.94. The topological polar surface area (TPSA) is 21.5 Å². The van der Waals surface area contributed by atoms with E-state index < -0.39 is 0 Å². The summed E-state index contributed by atoms with van der Waals surface area (Å²) in [5.74, 6) is 0.932. The Morgan fingerprint density at radius 2 is 1.75 bits per heavy atom. The number of benzene rings is 2. The van der Waals surface area contributed by atoms with Gasteiger partial charge in [-0.15, -0.1) is 0 Å². The fourth-order valence-electron chi connectivity index (χ4n) is 4.72. The van der Waals surface area contributed by atoms with E-state index in [0.29, 0.717) is 6.04 Å². The lowest BCUT2D eigenvalue weighted by molar-refractivity contribution is -0.154. The lowest BCUT2D eigenvalue weighted by Crippen LogP contribution is -2.22. The van der Waals surface area contributed by atoms with Crippen molar-refractivity contribution in [3.8, 4) is 0 Å². The van der Waals surface area contributed by atoms with E-state index in [-0.39, 0.29) is 18.4 Å². The van der Waals surface area contributed by atoms with Crippen LogP contribution in [0.25, 0.3) is 5.57 Å². The van der Waals surface area contributed by atoms with Gasteiger partial charge in [0.25, 0.3) is 0 Å². The highest BCUT2D eigenvalue weighted by atomic mass is 16.7. The highest BCUT2D eigenvalue weighted by Gasteiger charge is 2.48. The molecular formula is C25H27NO2. The van der Waals surface area contributed by atoms with E-state index in [4.69, 9.17) is 9.47 Å². The van der Waals surface area contributed by atoms with Gasteiger partial charge in [0.2, 0.25) is 6.29 Å². The standard InChI is InChI=1S/C25H27NO2/c1-15-9-10-19(16(2)11-15)22-13-23(26-14-24(22)26)20-7-5-6-8-21(20)25-27-17(3)12-18(4)28-25/h5-13,17,23-25H,14H2,1-4H3/t17?,23?,24?,25-,26?/m1/s1. The first-order valence-corrected chi connectivity index (χ1v) is 10.2. The minimum absolute atomic E-state index is 0.0608. The summed E-state index contributed by atoms with van der Waals surface area (Å²) in [5, 5.41) is 0. The SMILES string of the molecule is CC1=CC(C)O[C@@H](c2ccccc2C2C=C(c3ccc(C)cc3C)C3CN32)O1. The number of hydrogen-bond donors (Lipinski definition) is 0. The van der Waals surface area contributed by atoms with Gasteiger partial charge < -0.3 is 9.47 Å². The van der Waals surface area contributed by atoms with Crippen LogP contribution in [0.5, 0.6) is 0 Å². The Bertz CT molecular complexity index is 990. The third kappa shape index (κ3) is 2.99. The fraction of sp³-hybridized carbons (Fsp3) is 0.360. The van der Waals surface area contributed by atoms with Gasteiger partial charge in [0.05, 0.1) is 17.9 Å². The summed E-state index contributed by atoms with van der Waals surface area (Å²) in [7, 11) is 0. The maximum absolute atomic E-state index is 6.10. The maximum atomic E-state index is 6.10. The first-order valence-electron chi connectivity index (χ1n) is 10.2. The van der Waals surface area contributed by atoms with Crippen molar-refractivity contribution >= 4 is 5.57 Å². The molecule has 0 N–H and O–H groups in total. The van der Waals surface area contributed by atoms with E-state index in [1.807, 2.05) is 13.0 Å². The molecule has 1 saturated heterocycles. The monoisotopic (exact) mass is 373 g/mol. The number of rotatable bonds is 3. The summed E-state index contributed by atoms with van der Waals surface area (Å²) >= 11 is 0. The second-order valence-electron chi connectivity index (χ2n) is 8.30. The van der Waals surface area contributed by atoms with Crippen LogP contribution in [0.15, 0.2) is 60.4 Å². The predicted molar refractivity (Wildman–Crippen MR) is 112 cm³/mol. The smallest absolute Gasteiger partial charge is 0.227 e.